The number of hydrogen-bond acceptors (Lipinski definition) is 4. The topological polar surface area (TPSA) is 46.6 Å². The molecule has 1 aliphatic rings. The maximum atomic E-state index is 11.8. The largest absolute Gasteiger partial charge is 0.437 e. The van der Waals surface area contributed by atoms with Gasteiger partial charge in [-0.3, -0.25) is 9.69 Å². The molecule has 2 heterocycles. The van der Waals surface area contributed by atoms with Crippen molar-refractivity contribution in [1.82, 2.24) is 0 Å². The van der Waals surface area contributed by atoms with Crippen LogP contribution >= 0.6 is 11.3 Å². The van der Waals surface area contributed by atoms with E-state index in [0.717, 1.165) is 4.88 Å². The zero-order chi connectivity index (χ0) is 14.2. The first-order valence-corrected chi connectivity index (χ1v) is 6.75. The van der Waals surface area contributed by atoms with E-state index in [2.05, 4.69) is 11.8 Å². The number of hydrogen-bond donors (Lipinski definition) is 0. The Morgan fingerprint density at radius 2 is 2.16 bits per heavy atom. The van der Waals surface area contributed by atoms with Crippen molar-refractivity contribution in [2.24, 2.45) is 5.41 Å². The molecule has 0 radical (unpaired) electrons. The fourth-order valence-corrected chi connectivity index (χ4v) is 2.53. The van der Waals surface area contributed by atoms with Crippen molar-refractivity contribution in [1.29, 1.82) is 0 Å². The van der Waals surface area contributed by atoms with Gasteiger partial charge in [-0.2, -0.15) is 0 Å². The summed E-state index contributed by atoms with van der Waals surface area (Å²) in [5.41, 5.74) is 0.477. The molecule has 0 saturated carbocycles. The molecule has 1 aromatic heterocycles. The quantitative estimate of drug-likeness (QED) is 0.450. The number of thiophene rings is 1. The van der Waals surface area contributed by atoms with Crippen molar-refractivity contribution in [3.05, 3.63) is 15.8 Å². The molecule has 5 heteroatoms. The van der Waals surface area contributed by atoms with Crippen LogP contribution in [0.5, 0.6) is 0 Å². The third-order valence-electron chi connectivity index (χ3n) is 2.52. The number of cyclic esters (lactones) is 1. The van der Waals surface area contributed by atoms with Crippen LogP contribution in [0.25, 0.3) is 0 Å². The molecule has 2 rings (SSSR count). The van der Waals surface area contributed by atoms with E-state index in [9.17, 15) is 9.59 Å². The predicted molar refractivity (Wildman–Crippen MR) is 74.1 cm³/mol. The van der Waals surface area contributed by atoms with Gasteiger partial charge in [0.15, 0.2) is 6.23 Å². The Balaban J connectivity index is 2.43. The van der Waals surface area contributed by atoms with Crippen LogP contribution in [-0.4, -0.2) is 18.6 Å². The highest BCUT2D eigenvalue weighted by molar-refractivity contribution is 7.15. The van der Waals surface area contributed by atoms with Gasteiger partial charge in [0.05, 0.1) is 10.6 Å². The Labute approximate surface area is 116 Å². The Morgan fingerprint density at radius 1 is 1.47 bits per heavy atom. The molecular weight excluding hydrogens is 262 g/mol. The fourth-order valence-electron chi connectivity index (χ4n) is 1.63. The lowest BCUT2D eigenvalue weighted by atomic mass is 9.98. The van der Waals surface area contributed by atoms with Crippen LogP contribution in [0.2, 0.25) is 0 Å². The molecule has 1 aliphatic heterocycles. The van der Waals surface area contributed by atoms with E-state index < -0.39 is 12.2 Å². The van der Waals surface area contributed by atoms with Gasteiger partial charge in [-0.05, 0) is 33.8 Å². The zero-order valence-corrected chi connectivity index (χ0v) is 12.1. The van der Waals surface area contributed by atoms with Gasteiger partial charge in [-0.15, -0.1) is 11.3 Å². The molecule has 1 amide bonds. The SMILES string of the molecule is CC1OC(=O)c2sc(C#CC(C)(C)C)cc2N1C=O. The number of anilines is 1. The molecule has 1 aromatic rings. The summed E-state index contributed by atoms with van der Waals surface area (Å²) in [5.74, 6) is 5.75. The van der Waals surface area contributed by atoms with E-state index >= 15 is 0 Å². The minimum atomic E-state index is -0.574. The number of carbonyl (C=O) groups is 2. The van der Waals surface area contributed by atoms with Crippen molar-refractivity contribution in [3.8, 4) is 11.8 Å². The smallest absolute Gasteiger partial charge is 0.352 e. The molecule has 0 spiro atoms. The molecule has 19 heavy (non-hydrogen) atoms. The molecule has 100 valence electrons. The van der Waals surface area contributed by atoms with Crippen LogP contribution < -0.4 is 4.90 Å². The standard InChI is InChI=1S/C14H15NO3S/c1-9-15(8-16)11-7-10(5-6-14(2,3)4)19-12(11)13(17)18-9/h7-9H,1-4H3. The third kappa shape index (κ3) is 2.79. The summed E-state index contributed by atoms with van der Waals surface area (Å²) >= 11 is 1.26. The molecular formula is C14H15NO3S. The van der Waals surface area contributed by atoms with Gasteiger partial charge in [-0.1, -0.05) is 11.8 Å². The molecule has 0 saturated heterocycles. The van der Waals surface area contributed by atoms with Crippen LogP contribution in [0, 0.1) is 17.3 Å². The van der Waals surface area contributed by atoms with Crippen LogP contribution in [0.3, 0.4) is 0 Å². The van der Waals surface area contributed by atoms with Gasteiger partial charge in [0, 0.05) is 5.41 Å². The minimum Gasteiger partial charge on any atom is -0.437 e. The highest BCUT2D eigenvalue weighted by Crippen LogP contribution is 2.35. The first-order valence-electron chi connectivity index (χ1n) is 5.93. The van der Waals surface area contributed by atoms with Crippen molar-refractivity contribution in [2.45, 2.75) is 33.9 Å². The van der Waals surface area contributed by atoms with Crippen LogP contribution in [0.4, 0.5) is 5.69 Å². The lowest BCUT2D eigenvalue weighted by Gasteiger charge is -2.28. The first-order chi connectivity index (χ1) is 8.81. The van der Waals surface area contributed by atoms with Gasteiger partial charge in [0.1, 0.15) is 4.88 Å². The number of fused-ring (bicyclic) bond motifs is 1. The summed E-state index contributed by atoms with van der Waals surface area (Å²) in [5, 5.41) is 0. The molecule has 0 aromatic carbocycles. The summed E-state index contributed by atoms with van der Waals surface area (Å²) in [7, 11) is 0. The molecule has 4 nitrogen and oxygen atoms in total. The Morgan fingerprint density at radius 3 is 2.74 bits per heavy atom. The summed E-state index contributed by atoms with van der Waals surface area (Å²) in [6.45, 7) is 7.71. The molecule has 0 bridgehead atoms. The lowest BCUT2D eigenvalue weighted by molar-refractivity contribution is -0.109. The second-order valence-electron chi connectivity index (χ2n) is 5.34. The third-order valence-corrected chi connectivity index (χ3v) is 3.54. The van der Waals surface area contributed by atoms with Crippen molar-refractivity contribution < 1.29 is 14.3 Å². The van der Waals surface area contributed by atoms with Gasteiger partial charge in [0.2, 0.25) is 6.41 Å². The maximum absolute atomic E-state index is 11.8. The number of esters is 1. The highest BCUT2D eigenvalue weighted by atomic mass is 32.1. The minimum absolute atomic E-state index is 0.108. The molecule has 0 fully saturated rings. The average Bonchev–Trinajstić information content (AvgIpc) is 2.70. The normalized spacial score (nSPS) is 18.2. The second kappa shape index (κ2) is 4.71. The van der Waals surface area contributed by atoms with Crippen molar-refractivity contribution in [2.75, 3.05) is 4.90 Å². The van der Waals surface area contributed by atoms with E-state index in [0.29, 0.717) is 17.0 Å². The van der Waals surface area contributed by atoms with Crippen LogP contribution in [-0.2, 0) is 9.53 Å². The summed E-state index contributed by atoms with van der Waals surface area (Å²) < 4.78 is 5.09. The van der Waals surface area contributed by atoms with Crippen molar-refractivity contribution >= 4 is 29.4 Å². The van der Waals surface area contributed by atoms with E-state index in [1.54, 1.807) is 13.0 Å². The number of rotatable bonds is 1. The number of carbonyl (C=O) groups excluding carboxylic acids is 2. The first kappa shape index (κ1) is 13.6. The zero-order valence-electron chi connectivity index (χ0n) is 11.3. The van der Waals surface area contributed by atoms with Crippen LogP contribution in [0.15, 0.2) is 6.07 Å². The van der Waals surface area contributed by atoms with E-state index in [-0.39, 0.29) is 5.41 Å². The summed E-state index contributed by atoms with van der Waals surface area (Å²) in [6, 6.07) is 1.77. The summed E-state index contributed by atoms with van der Waals surface area (Å²) in [4.78, 5) is 25.4. The molecule has 1 atom stereocenters. The predicted octanol–water partition coefficient (Wildman–Crippen LogP) is 2.62. The Hall–Kier alpha value is -1.80. The monoisotopic (exact) mass is 277 g/mol. The molecule has 0 aliphatic carbocycles. The Bertz CT molecular complexity index is 586. The van der Waals surface area contributed by atoms with E-state index in [4.69, 9.17) is 4.74 Å². The number of ether oxygens (including phenoxy) is 1. The van der Waals surface area contributed by atoms with E-state index in [1.807, 2.05) is 20.8 Å². The average molecular weight is 277 g/mol. The van der Waals surface area contributed by atoms with E-state index in [1.165, 1.54) is 16.2 Å². The van der Waals surface area contributed by atoms with Crippen LogP contribution in [0.1, 0.15) is 42.2 Å². The highest BCUT2D eigenvalue weighted by Gasteiger charge is 2.32. The second-order valence-corrected chi connectivity index (χ2v) is 6.39. The van der Waals surface area contributed by atoms with Gasteiger partial charge >= 0.3 is 5.97 Å². The van der Waals surface area contributed by atoms with Gasteiger partial charge in [0.25, 0.3) is 0 Å². The lowest BCUT2D eigenvalue weighted by Crippen LogP contribution is -2.39. The molecule has 1 unspecified atom stereocenters. The fraction of sp³-hybridized carbons (Fsp3) is 0.429. The Kier molecular flexibility index (Phi) is 3.38. The molecule has 0 N–H and O–H groups in total. The van der Waals surface area contributed by atoms with Gasteiger partial charge < -0.3 is 4.74 Å². The maximum Gasteiger partial charge on any atom is 0.352 e. The van der Waals surface area contributed by atoms with Crippen molar-refractivity contribution in [3.63, 3.8) is 0 Å². The van der Waals surface area contributed by atoms with Gasteiger partial charge in [-0.25, -0.2) is 4.79 Å². The number of amides is 1. The summed E-state index contributed by atoms with van der Waals surface area (Å²) in [6.07, 6.45) is 0.0967. The number of nitrogens with zero attached hydrogens (tertiary/aromatic N) is 1.